The van der Waals surface area contributed by atoms with Crippen LogP contribution in [0.3, 0.4) is 0 Å². The van der Waals surface area contributed by atoms with E-state index in [-0.39, 0.29) is 12.7 Å². The molecule has 190 valence electrons. The summed E-state index contributed by atoms with van der Waals surface area (Å²) in [7, 11) is 0. The lowest BCUT2D eigenvalue weighted by atomic mass is 10.1. The van der Waals surface area contributed by atoms with E-state index in [9.17, 15) is 4.79 Å². The van der Waals surface area contributed by atoms with Gasteiger partial charge in [0.15, 0.2) is 22.4 Å². The minimum absolute atomic E-state index is 0.137. The van der Waals surface area contributed by atoms with Crippen LogP contribution in [-0.4, -0.2) is 27.5 Å². The molecule has 0 atom stereocenters. The third kappa shape index (κ3) is 5.28. The van der Waals surface area contributed by atoms with E-state index in [1.165, 1.54) is 0 Å². The molecular formula is C29H24N4O4S. The number of nitrogens with zero attached hydrogens (tertiary/aromatic N) is 3. The fourth-order valence-corrected chi connectivity index (χ4v) is 5.06. The molecule has 0 aliphatic carbocycles. The maximum atomic E-state index is 12.9. The number of amides is 1. The van der Waals surface area contributed by atoms with Crippen molar-refractivity contribution in [3.05, 3.63) is 113 Å². The molecule has 0 fully saturated rings. The summed E-state index contributed by atoms with van der Waals surface area (Å²) >= 11 is 1.57. The molecule has 5 aromatic rings. The van der Waals surface area contributed by atoms with Gasteiger partial charge in [-0.05, 0) is 53.1 Å². The molecule has 0 saturated heterocycles. The number of aromatic nitrogens is 3. The van der Waals surface area contributed by atoms with Crippen molar-refractivity contribution in [2.24, 2.45) is 0 Å². The van der Waals surface area contributed by atoms with Crippen LogP contribution in [0.5, 0.6) is 11.5 Å². The summed E-state index contributed by atoms with van der Waals surface area (Å²) in [6.07, 6.45) is 1.63. The summed E-state index contributed by atoms with van der Waals surface area (Å²) in [5.74, 6) is 3.27. The Labute approximate surface area is 223 Å². The zero-order chi connectivity index (χ0) is 25.7. The van der Waals surface area contributed by atoms with Crippen LogP contribution in [0.2, 0.25) is 0 Å². The fraction of sp³-hybridized carbons (Fsp3) is 0.138. The van der Waals surface area contributed by atoms with E-state index in [4.69, 9.17) is 13.9 Å². The largest absolute Gasteiger partial charge is 0.461 e. The van der Waals surface area contributed by atoms with E-state index in [0.29, 0.717) is 41.7 Å². The minimum Gasteiger partial charge on any atom is -0.461 e. The Kier molecular flexibility index (Phi) is 6.82. The Morgan fingerprint density at radius 2 is 1.74 bits per heavy atom. The molecule has 1 aliphatic heterocycles. The third-order valence-corrected chi connectivity index (χ3v) is 7.13. The fourth-order valence-electron chi connectivity index (χ4n) is 4.18. The molecule has 0 saturated carbocycles. The maximum absolute atomic E-state index is 12.9. The zero-order valence-electron chi connectivity index (χ0n) is 20.4. The Morgan fingerprint density at radius 1 is 0.868 bits per heavy atom. The van der Waals surface area contributed by atoms with Crippen molar-refractivity contribution in [3.8, 4) is 23.1 Å². The summed E-state index contributed by atoms with van der Waals surface area (Å²) in [4.78, 5) is 12.9. The molecule has 3 heterocycles. The molecule has 1 amide bonds. The molecule has 0 spiro atoms. The first kappa shape index (κ1) is 23.9. The van der Waals surface area contributed by atoms with Crippen molar-refractivity contribution < 1.29 is 18.7 Å². The number of hydrogen-bond acceptors (Lipinski definition) is 7. The average molecular weight is 525 g/mol. The molecule has 2 aromatic heterocycles. The Morgan fingerprint density at radius 3 is 2.61 bits per heavy atom. The lowest BCUT2D eigenvalue weighted by molar-refractivity contribution is 0.0950. The topological polar surface area (TPSA) is 91.4 Å². The Bertz CT molecular complexity index is 1550. The van der Waals surface area contributed by atoms with Gasteiger partial charge in [0.1, 0.15) is 0 Å². The van der Waals surface area contributed by atoms with Crippen LogP contribution in [0.25, 0.3) is 11.6 Å². The first-order valence-electron chi connectivity index (χ1n) is 12.1. The second-order valence-corrected chi connectivity index (χ2v) is 9.66. The molecule has 0 bridgehead atoms. The van der Waals surface area contributed by atoms with Gasteiger partial charge >= 0.3 is 0 Å². The Balaban J connectivity index is 1.14. The van der Waals surface area contributed by atoms with Crippen LogP contribution in [0.4, 0.5) is 0 Å². The van der Waals surface area contributed by atoms with Gasteiger partial charge in [0, 0.05) is 17.9 Å². The van der Waals surface area contributed by atoms with Crippen LogP contribution in [0.15, 0.2) is 101 Å². The standard InChI is InChI=1S/C29H24N4O4S/c34-28(30-16-21-11-12-24-26(15-21)37-19-36-24)23-9-4-8-22(14-23)18-38-29-32-31-27(25-10-5-13-35-25)33(29)17-20-6-2-1-3-7-20/h1-15H,16-19H2,(H,30,34). The summed E-state index contributed by atoms with van der Waals surface area (Å²) in [5.41, 5.74) is 3.70. The highest BCUT2D eigenvalue weighted by Crippen LogP contribution is 2.32. The summed E-state index contributed by atoms with van der Waals surface area (Å²) in [5, 5.41) is 12.6. The van der Waals surface area contributed by atoms with Crippen molar-refractivity contribution in [2.45, 2.75) is 24.0 Å². The van der Waals surface area contributed by atoms with Crippen molar-refractivity contribution >= 4 is 17.7 Å². The molecule has 38 heavy (non-hydrogen) atoms. The van der Waals surface area contributed by atoms with Crippen LogP contribution < -0.4 is 14.8 Å². The van der Waals surface area contributed by atoms with Crippen molar-refractivity contribution in [1.82, 2.24) is 20.1 Å². The third-order valence-electron chi connectivity index (χ3n) is 6.09. The molecule has 6 rings (SSSR count). The minimum atomic E-state index is -0.137. The van der Waals surface area contributed by atoms with Crippen LogP contribution >= 0.6 is 11.8 Å². The number of thioether (sulfide) groups is 1. The molecule has 1 N–H and O–H groups in total. The summed E-state index contributed by atoms with van der Waals surface area (Å²) < 4.78 is 18.4. The van der Waals surface area contributed by atoms with Crippen LogP contribution in [0, 0.1) is 0 Å². The predicted octanol–water partition coefficient (Wildman–Crippen LogP) is 5.54. The molecule has 9 heteroatoms. The lowest BCUT2D eigenvalue weighted by Gasteiger charge is -2.10. The number of nitrogens with one attached hydrogen (secondary N) is 1. The average Bonchev–Trinajstić information content (AvgIpc) is 3.72. The number of carbonyl (C=O) groups excluding carboxylic acids is 1. The van der Waals surface area contributed by atoms with Crippen molar-refractivity contribution in [3.63, 3.8) is 0 Å². The van der Waals surface area contributed by atoms with Gasteiger partial charge in [0.05, 0.1) is 12.8 Å². The van der Waals surface area contributed by atoms with E-state index in [0.717, 1.165) is 27.6 Å². The van der Waals surface area contributed by atoms with Gasteiger partial charge in [0.2, 0.25) is 12.6 Å². The number of benzene rings is 3. The summed E-state index contributed by atoms with van der Waals surface area (Å²) in [6.45, 7) is 1.24. The number of carbonyl (C=O) groups is 1. The van der Waals surface area contributed by atoms with Gasteiger partial charge in [-0.15, -0.1) is 10.2 Å². The number of ether oxygens (including phenoxy) is 2. The van der Waals surface area contributed by atoms with Gasteiger partial charge in [-0.1, -0.05) is 60.3 Å². The van der Waals surface area contributed by atoms with Gasteiger partial charge in [-0.2, -0.15) is 0 Å². The van der Waals surface area contributed by atoms with Crippen molar-refractivity contribution in [1.29, 1.82) is 0 Å². The zero-order valence-corrected chi connectivity index (χ0v) is 21.2. The maximum Gasteiger partial charge on any atom is 0.251 e. The normalized spacial score (nSPS) is 12.0. The molecule has 8 nitrogen and oxygen atoms in total. The number of rotatable bonds is 9. The van der Waals surface area contributed by atoms with Crippen molar-refractivity contribution in [2.75, 3.05) is 6.79 Å². The highest BCUT2D eigenvalue weighted by molar-refractivity contribution is 7.98. The van der Waals surface area contributed by atoms with Crippen LogP contribution in [0.1, 0.15) is 27.0 Å². The molecule has 0 radical (unpaired) electrons. The van der Waals surface area contributed by atoms with Gasteiger partial charge in [-0.3, -0.25) is 9.36 Å². The monoisotopic (exact) mass is 524 g/mol. The second kappa shape index (κ2) is 10.9. The smallest absolute Gasteiger partial charge is 0.251 e. The highest BCUT2D eigenvalue weighted by atomic mass is 32.2. The van der Waals surface area contributed by atoms with E-state index < -0.39 is 0 Å². The number of hydrogen-bond donors (Lipinski definition) is 1. The molecule has 0 unspecified atom stereocenters. The van der Waals surface area contributed by atoms with E-state index in [2.05, 4.69) is 32.2 Å². The predicted molar refractivity (Wildman–Crippen MR) is 143 cm³/mol. The second-order valence-electron chi connectivity index (χ2n) is 8.71. The van der Waals surface area contributed by atoms with Gasteiger partial charge in [-0.25, -0.2) is 0 Å². The van der Waals surface area contributed by atoms with Gasteiger partial charge in [0.25, 0.3) is 5.91 Å². The van der Waals surface area contributed by atoms with E-state index in [1.54, 1.807) is 18.0 Å². The number of fused-ring (bicyclic) bond motifs is 1. The SMILES string of the molecule is O=C(NCc1ccc2c(c1)OCO2)c1cccc(CSc2nnc(-c3ccco3)n2Cc2ccccc2)c1. The molecule has 3 aromatic carbocycles. The van der Waals surface area contributed by atoms with E-state index >= 15 is 0 Å². The van der Waals surface area contributed by atoms with E-state index in [1.807, 2.05) is 72.8 Å². The first-order valence-corrected chi connectivity index (χ1v) is 13.1. The lowest BCUT2D eigenvalue weighted by Crippen LogP contribution is -2.22. The molecular weight excluding hydrogens is 500 g/mol. The molecule has 1 aliphatic rings. The highest BCUT2D eigenvalue weighted by Gasteiger charge is 2.18. The quantitative estimate of drug-likeness (QED) is 0.253. The summed E-state index contributed by atoms with van der Waals surface area (Å²) in [6, 6.07) is 27.2. The Hall–Kier alpha value is -4.50. The van der Waals surface area contributed by atoms with Gasteiger partial charge < -0.3 is 19.2 Å². The number of furan rings is 1. The first-order chi connectivity index (χ1) is 18.7. The van der Waals surface area contributed by atoms with Crippen LogP contribution in [-0.2, 0) is 18.8 Å².